The molecule has 1 saturated heterocycles. The van der Waals surface area contributed by atoms with Gasteiger partial charge in [-0.3, -0.25) is 0 Å². The molecule has 1 rings (SSSR count). The summed E-state index contributed by atoms with van der Waals surface area (Å²) < 4.78 is 11.0. The van der Waals surface area contributed by atoms with E-state index in [0.717, 1.165) is 25.5 Å². The molecule has 0 spiro atoms. The van der Waals surface area contributed by atoms with Gasteiger partial charge in [-0.15, -0.1) is 0 Å². The Labute approximate surface area is 105 Å². The van der Waals surface area contributed by atoms with Gasteiger partial charge in [-0.25, -0.2) is 0 Å². The van der Waals surface area contributed by atoms with Crippen LogP contribution in [-0.2, 0) is 14.2 Å². The van der Waals surface area contributed by atoms with Crippen molar-refractivity contribution in [2.45, 2.75) is 37.9 Å². The van der Waals surface area contributed by atoms with Crippen molar-refractivity contribution in [3.8, 4) is 0 Å². The molecule has 6 heteroatoms. The van der Waals surface area contributed by atoms with Crippen LogP contribution >= 0.6 is 19.9 Å². The summed E-state index contributed by atoms with van der Waals surface area (Å²) in [5.74, 6) is 0. The van der Waals surface area contributed by atoms with Crippen molar-refractivity contribution in [3.63, 3.8) is 0 Å². The largest absolute Gasteiger partial charge is 0.434 e. The normalized spacial score (nSPS) is 26.2. The second-order valence-corrected chi connectivity index (χ2v) is 5.12. The topological polar surface area (TPSA) is 35.5 Å². The summed E-state index contributed by atoms with van der Waals surface area (Å²) in [5, 5.41) is 0. The summed E-state index contributed by atoms with van der Waals surface area (Å²) in [6, 6.07) is 0. The van der Waals surface area contributed by atoms with Gasteiger partial charge >= 0.3 is 7.20 Å². The molecule has 1 aliphatic rings. The molecule has 0 aromatic rings. The van der Waals surface area contributed by atoms with Gasteiger partial charge in [-0.05, 0) is 19.3 Å². The molecular weight excluding hydrogens is 242 g/mol. The van der Waals surface area contributed by atoms with Gasteiger partial charge < -0.3 is 14.2 Å². The lowest BCUT2D eigenvalue weighted by molar-refractivity contribution is -0.113. The van der Waals surface area contributed by atoms with E-state index in [1.54, 1.807) is 7.20 Å². The van der Waals surface area contributed by atoms with Gasteiger partial charge in [0.1, 0.15) is 6.29 Å². The second-order valence-electron chi connectivity index (χ2n) is 3.85. The van der Waals surface area contributed by atoms with E-state index in [-0.39, 0.29) is 12.2 Å². The van der Waals surface area contributed by atoms with Crippen LogP contribution in [0.3, 0.4) is 0 Å². The first-order chi connectivity index (χ1) is 7.76. The number of carbonyl (C=O) groups is 1. The smallest absolute Gasteiger partial charge is 0.332 e. The summed E-state index contributed by atoms with van der Waals surface area (Å²) in [4.78, 5) is 10.4. The predicted molar refractivity (Wildman–Crippen MR) is 71.3 cm³/mol. The summed E-state index contributed by atoms with van der Waals surface area (Å²) in [6.45, 7) is 4.62. The number of aldehydes is 1. The standard InChI is InChI=1S/C10H17BO3PS/c1-8-6-9(2-4-12)14-10(7-8)3-5-13-11-15-16/h4,9-10,15-16H,1-3,5-7H2/t9-,10-/m0/s1. The fraction of sp³-hybridized carbons (Fsp3) is 0.700. The Kier molecular flexibility index (Phi) is 7.38. The molecule has 0 bridgehead atoms. The summed E-state index contributed by atoms with van der Waals surface area (Å²) in [6.07, 6.45) is 4.04. The first kappa shape index (κ1) is 14.2. The maximum atomic E-state index is 10.4. The minimum Gasteiger partial charge on any atom is -0.434 e. The SMILES string of the molecule is C=C1C[C@H](CC=O)O[C@@H](CCO[B]PS)C1. The quantitative estimate of drug-likeness (QED) is 0.190. The Balaban J connectivity index is 2.24. The highest BCUT2D eigenvalue weighted by Gasteiger charge is 2.23. The lowest BCUT2D eigenvalue weighted by atomic mass is 9.96. The van der Waals surface area contributed by atoms with Gasteiger partial charge in [0.15, 0.2) is 0 Å². The summed E-state index contributed by atoms with van der Waals surface area (Å²) >= 11 is 4.04. The zero-order chi connectivity index (χ0) is 11.8. The highest BCUT2D eigenvalue weighted by Crippen LogP contribution is 2.26. The maximum Gasteiger partial charge on any atom is 0.332 e. The van der Waals surface area contributed by atoms with E-state index in [4.69, 9.17) is 9.39 Å². The molecule has 0 N–H and O–H groups in total. The van der Waals surface area contributed by atoms with Gasteiger partial charge in [0.05, 0.1) is 12.2 Å². The van der Waals surface area contributed by atoms with Gasteiger partial charge in [0.25, 0.3) is 0 Å². The molecule has 1 heterocycles. The Bertz CT molecular complexity index is 240. The number of rotatable bonds is 7. The number of ether oxygens (including phenoxy) is 1. The van der Waals surface area contributed by atoms with Crippen LogP contribution in [0.5, 0.6) is 0 Å². The lowest BCUT2D eigenvalue weighted by Crippen LogP contribution is -2.30. The molecule has 0 amide bonds. The molecule has 1 aliphatic heterocycles. The van der Waals surface area contributed by atoms with E-state index in [1.807, 2.05) is 0 Å². The van der Waals surface area contributed by atoms with Gasteiger partial charge in [0.2, 0.25) is 0 Å². The van der Waals surface area contributed by atoms with Crippen molar-refractivity contribution in [1.82, 2.24) is 0 Å². The molecule has 1 unspecified atom stereocenters. The van der Waals surface area contributed by atoms with Crippen LogP contribution in [0.15, 0.2) is 12.2 Å². The van der Waals surface area contributed by atoms with Gasteiger partial charge in [-0.2, -0.15) is 12.2 Å². The fourth-order valence-electron chi connectivity index (χ4n) is 1.81. The molecule has 3 nitrogen and oxygen atoms in total. The Hall–Kier alpha value is 0.175. The predicted octanol–water partition coefficient (Wildman–Crippen LogP) is 2.14. The average molecular weight is 259 g/mol. The molecule has 3 atom stereocenters. The fourth-order valence-corrected chi connectivity index (χ4v) is 2.22. The van der Waals surface area contributed by atoms with E-state index < -0.39 is 0 Å². The molecule has 0 saturated carbocycles. The molecule has 0 aromatic heterocycles. The van der Waals surface area contributed by atoms with Crippen molar-refractivity contribution >= 4 is 33.4 Å². The van der Waals surface area contributed by atoms with E-state index in [2.05, 4.69) is 18.8 Å². The highest BCUT2D eigenvalue weighted by molar-refractivity contribution is 8.46. The van der Waals surface area contributed by atoms with Crippen molar-refractivity contribution in [2.75, 3.05) is 6.61 Å². The summed E-state index contributed by atoms with van der Waals surface area (Å²) in [7, 11) is 2.11. The Morgan fingerprint density at radius 3 is 3.06 bits per heavy atom. The Morgan fingerprint density at radius 2 is 2.38 bits per heavy atom. The molecule has 1 radical (unpaired) electrons. The number of carbonyl (C=O) groups excluding carboxylic acids is 1. The Morgan fingerprint density at radius 1 is 1.62 bits per heavy atom. The van der Waals surface area contributed by atoms with Crippen LogP contribution in [0.25, 0.3) is 0 Å². The molecule has 89 valence electrons. The van der Waals surface area contributed by atoms with Gasteiger partial charge in [-0.1, -0.05) is 19.8 Å². The number of thiol groups is 1. The highest BCUT2D eigenvalue weighted by atomic mass is 32.7. The van der Waals surface area contributed by atoms with E-state index in [0.29, 0.717) is 20.7 Å². The second kappa shape index (κ2) is 8.29. The summed E-state index contributed by atoms with van der Waals surface area (Å²) in [5.41, 5.74) is 1.17. The van der Waals surface area contributed by atoms with Crippen LogP contribution in [0.4, 0.5) is 0 Å². The molecule has 16 heavy (non-hydrogen) atoms. The van der Waals surface area contributed by atoms with Crippen molar-refractivity contribution in [1.29, 1.82) is 0 Å². The monoisotopic (exact) mass is 259 g/mol. The maximum absolute atomic E-state index is 10.4. The third-order valence-corrected chi connectivity index (χ3v) is 3.06. The van der Waals surface area contributed by atoms with Crippen molar-refractivity contribution < 1.29 is 14.2 Å². The minimum absolute atomic E-state index is 0.0134. The van der Waals surface area contributed by atoms with Crippen molar-refractivity contribution in [3.05, 3.63) is 12.2 Å². The van der Waals surface area contributed by atoms with Crippen LogP contribution in [0.2, 0.25) is 0 Å². The van der Waals surface area contributed by atoms with Crippen LogP contribution < -0.4 is 0 Å². The zero-order valence-corrected chi connectivity index (χ0v) is 11.1. The van der Waals surface area contributed by atoms with Crippen molar-refractivity contribution in [2.24, 2.45) is 0 Å². The lowest BCUT2D eigenvalue weighted by Gasteiger charge is -2.30. The van der Waals surface area contributed by atoms with Crippen LogP contribution in [0, 0.1) is 0 Å². The number of hydrogen-bond acceptors (Lipinski definition) is 4. The van der Waals surface area contributed by atoms with Gasteiger partial charge in [0, 0.05) is 13.0 Å². The van der Waals surface area contributed by atoms with Crippen LogP contribution in [0.1, 0.15) is 25.7 Å². The van der Waals surface area contributed by atoms with Crippen LogP contribution in [-0.4, -0.2) is 32.3 Å². The van der Waals surface area contributed by atoms with E-state index in [1.165, 1.54) is 5.57 Å². The van der Waals surface area contributed by atoms with E-state index >= 15 is 0 Å². The molecule has 0 aromatic carbocycles. The van der Waals surface area contributed by atoms with E-state index in [9.17, 15) is 4.79 Å². The number of hydrogen-bond donors (Lipinski definition) is 1. The zero-order valence-electron chi connectivity index (χ0n) is 9.22. The molecule has 1 fully saturated rings. The first-order valence-corrected chi connectivity index (χ1v) is 7.71. The third-order valence-electron chi connectivity index (χ3n) is 2.47. The third kappa shape index (κ3) is 5.49. The average Bonchev–Trinajstić information content (AvgIpc) is 2.24. The molecule has 0 aliphatic carbocycles. The minimum atomic E-state index is 0.0134. The first-order valence-electron chi connectivity index (χ1n) is 5.35. The molecular formula is C10H17BO3PS.